The Morgan fingerprint density at radius 1 is 1.05 bits per heavy atom. The van der Waals surface area contributed by atoms with Crippen molar-refractivity contribution in [2.24, 2.45) is 5.10 Å². The van der Waals surface area contributed by atoms with Gasteiger partial charge >= 0.3 is 0 Å². The third-order valence-electron chi connectivity index (χ3n) is 3.71. The van der Waals surface area contributed by atoms with Crippen molar-refractivity contribution in [1.29, 1.82) is 0 Å². The van der Waals surface area contributed by atoms with E-state index in [1.807, 2.05) is 6.21 Å². The van der Waals surface area contributed by atoms with Crippen LogP contribution < -0.4 is 0 Å². The van der Waals surface area contributed by atoms with Gasteiger partial charge in [-0.25, -0.2) is 0 Å². The van der Waals surface area contributed by atoms with E-state index in [-0.39, 0.29) is 0 Å². The van der Waals surface area contributed by atoms with Crippen molar-refractivity contribution in [3.8, 4) is 0 Å². The minimum absolute atomic E-state index is 1.01. The van der Waals surface area contributed by atoms with E-state index in [1.165, 1.54) is 15.3 Å². The fourth-order valence-electron chi connectivity index (χ4n) is 2.51. The molecule has 0 bridgehead atoms. The minimum atomic E-state index is 1.01. The summed E-state index contributed by atoms with van der Waals surface area (Å²) in [5, 5.41) is 6.78. The van der Waals surface area contributed by atoms with Crippen LogP contribution in [0.2, 0.25) is 0 Å². The summed E-state index contributed by atoms with van der Waals surface area (Å²) in [6, 6.07) is 15.0. The molecule has 0 spiro atoms. The molecule has 0 N–H and O–H groups in total. The molecule has 3 rings (SSSR count). The predicted molar refractivity (Wildman–Crippen MR) is 89.9 cm³/mol. The topological polar surface area (TPSA) is 18.8 Å². The van der Waals surface area contributed by atoms with Crippen LogP contribution in [0.3, 0.4) is 0 Å². The molecule has 0 amide bonds. The van der Waals surface area contributed by atoms with Gasteiger partial charge in [-0.15, -0.1) is 11.3 Å². The summed E-state index contributed by atoms with van der Waals surface area (Å²) in [6.45, 7) is 7.35. The maximum atomic E-state index is 4.60. The molecule has 2 heterocycles. The molecular formula is C17H21N3S. The zero-order valence-electron chi connectivity index (χ0n) is 12.4. The van der Waals surface area contributed by atoms with Crippen LogP contribution in [0.25, 0.3) is 0 Å². The number of nitrogens with zero attached hydrogens (tertiary/aromatic N) is 3. The summed E-state index contributed by atoms with van der Waals surface area (Å²) in [5.74, 6) is 0. The summed E-state index contributed by atoms with van der Waals surface area (Å²) < 4.78 is 0. The maximum absolute atomic E-state index is 4.60. The summed E-state index contributed by atoms with van der Waals surface area (Å²) in [4.78, 5) is 5.07. The van der Waals surface area contributed by atoms with Crippen molar-refractivity contribution in [3.05, 3.63) is 57.8 Å². The van der Waals surface area contributed by atoms with E-state index in [0.29, 0.717) is 0 Å². The fourth-order valence-corrected chi connectivity index (χ4v) is 3.26. The Morgan fingerprint density at radius 2 is 1.81 bits per heavy atom. The Balaban J connectivity index is 1.48. The summed E-state index contributed by atoms with van der Waals surface area (Å²) >= 11 is 1.79. The number of aryl methyl sites for hydroxylation is 1. The Labute approximate surface area is 130 Å². The van der Waals surface area contributed by atoms with Crippen molar-refractivity contribution < 1.29 is 0 Å². The molecule has 1 aliphatic heterocycles. The highest BCUT2D eigenvalue weighted by Gasteiger charge is 2.15. The van der Waals surface area contributed by atoms with Crippen LogP contribution in [0.4, 0.5) is 0 Å². The molecule has 0 saturated carbocycles. The van der Waals surface area contributed by atoms with Crippen LogP contribution in [0.1, 0.15) is 15.3 Å². The molecule has 1 aromatic carbocycles. The van der Waals surface area contributed by atoms with Gasteiger partial charge in [-0.05, 0) is 24.6 Å². The number of rotatable bonds is 4. The van der Waals surface area contributed by atoms with E-state index in [2.05, 4.69) is 64.4 Å². The second-order valence-corrected chi connectivity index (χ2v) is 6.73. The molecule has 3 nitrogen and oxygen atoms in total. The van der Waals surface area contributed by atoms with Crippen molar-refractivity contribution in [2.75, 3.05) is 26.2 Å². The second-order valence-electron chi connectivity index (χ2n) is 5.41. The molecule has 0 atom stereocenters. The second kappa shape index (κ2) is 6.87. The lowest BCUT2D eigenvalue weighted by Crippen LogP contribution is -2.43. The molecule has 1 aliphatic rings. The van der Waals surface area contributed by atoms with E-state index in [0.717, 1.165) is 32.7 Å². The number of hydrogen-bond acceptors (Lipinski definition) is 4. The zero-order chi connectivity index (χ0) is 14.5. The standard InChI is InChI=1S/C17H21N3S/c1-15-7-8-17(21-15)13-18-20-11-9-19(10-12-20)14-16-5-3-2-4-6-16/h2-8,13H,9-12,14H2,1H3. The van der Waals surface area contributed by atoms with Crippen LogP contribution in [-0.4, -0.2) is 42.3 Å². The lowest BCUT2D eigenvalue weighted by Gasteiger charge is -2.33. The molecule has 2 aromatic rings. The Morgan fingerprint density at radius 3 is 2.48 bits per heavy atom. The lowest BCUT2D eigenvalue weighted by atomic mass is 10.2. The first-order chi connectivity index (χ1) is 10.3. The smallest absolute Gasteiger partial charge is 0.0642 e. The minimum Gasteiger partial charge on any atom is -0.295 e. The molecule has 1 saturated heterocycles. The molecule has 0 radical (unpaired) electrons. The quantitative estimate of drug-likeness (QED) is 0.807. The predicted octanol–water partition coefficient (Wildman–Crippen LogP) is 3.21. The van der Waals surface area contributed by atoms with Crippen molar-refractivity contribution in [2.45, 2.75) is 13.5 Å². The average Bonchev–Trinajstić information content (AvgIpc) is 2.93. The van der Waals surface area contributed by atoms with E-state index in [4.69, 9.17) is 0 Å². The van der Waals surface area contributed by atoms with E-state index in [9.17, 15) is 0 Å². The lowest BCUT2D eigenvalue weighted by molar-refractivity contribution is 0.131. The normalized spacial score (nSPS) is 16.7. The highest BCUT2D eigenvalue weighted by atomic mass is 32.1. The van der Waals surface area contributed by atoms with Gasteiger partial charge in [0.2, 0.25) is 0 Å². The molecule has 4 heteroatoms. The maximum Gasteiger partial charge on any atom is 0.0642 e. The van der Waals surface area contributed by atoms with Crippen LogP contribution >= 0.6 is 11.3 Å². The number of benzene rings is 1. The molecule has 1 fully saturated rings. The number of piperazine rings is 1. The van der Waals surface area contributed by atoms with Gasteiger partial charge in [0.05, 0.1) is 6.21 Å². The largest absolute Gasteiger partial charge is 0.295 e. The molecule has 1 aromatic heterocycles. The molecule has 110 valence electrons. The Bertz CT molecular complexity index is 583. The highest BCUT2D eigenvalue weighted by Crippen LogP contribution is 2.13. The summed E-state index contributed by atoms with van der Waals surface area (Å²) in [5.41, 5.74) is 1.39. The van der Waals surface area contributed by atoms with E-state index < -0.39 is 0 Å². The van der Waals surface area contributed by atoms with Crippen molar-refractivity contribution >= 4 is 17.6 Å². The van der Waals surface area contributed by atoms with Gasteiger partial charge in [0.1, 0.15) is 0 Å². The third-order valence-corrected chi connectivity index (χ3v) is 4.64. The van der Waals surface area contributed by atoms with Gasteiger partial charge in [0.15, 0.2) is 0 Å². The van der Waals surface area contributed by atoms with Crippen LogP contribution in [-0.2, 0) is 6.54 Å². The first-order valence-corrected chi connectivity index (χ1v) is 8.23. The van der Waals surface area contributed by atoms with Crippen LogP contribution in [0, 0.1) is 6.92 Å². The summed E-state index contributed by atoms with van der Waals surface area (Å²) in [7, 11) is 0. The van der Waals surface area contributed by atoms with Crippen molar-refractivity contribution in [3.63, 3.8) is 0 Å². The number of hydrazone groups is 1. The van der Waals surface area contributed by atoms with E-state index in [1.54, 1.807) is 11.3 Å². The highest BCUT2D eigenvalue weighted by molar-refractivity contribution is 7.13. The summed E-state index contributed by atoms with van der Waals surface area (Å²) in [6.07, 6.45) is 1.99. The molecule has 0 aliphatic carbocycles. The number of hydrogen-bond donors (Lipinski definition) is 0. The third kappa shape index (κ3) is 4.16. The number of thiophene rings is 1. The van der Waals surface area contributed by atoms with Gasteiger partial charge in [0.25, 0.3) is 0 Å². The van der Waals surface area contributed by atoms with Gasteiger partial charge in [0, 0.05) is 42.5 Å². The van der Waals surface area contributed by atoms with Crippen molar-refractivity contribution in [1.82, 2.24) is 9.91 Å². The molecular weight excluding hydrogens is 278 g/mol. The zero-order valence-corrected chi connectivity index (χ0v) is 13.2. The van der Waals surface area contributed by atoms with Crippen LogP contribution in [0.5, 0.6) is 0 Å². The monoisotopic (exact) mass is 299 g/mol. The molecule has 21 heavy (non-hydrogen) atoms. The van der Waals surface area contributed by atoms with Gasteiger partial charge in [-0.1, -0.05) is 30.3 Å². The van der Waals surface area contributed by atoms with Gasteiger partial charge in [-0.2, -0.15) is 5.10 Å². The van der Waals surface area contributed by atoms with Crippen LogP contribution in [0.15, 0.2) is 47.6 Å². The average molecular weight is 299 g/mol. The SMILES string of the molecule is Cc1ccc(C=NN2CCN(Cc3ccccc3)CC2)s1. The molecule has 0 unspecified atom stereocenters. The fraction of sp³-hybridized carbons (Fsp3) is 0.353. The van der Waals surface area contributed by atoms with E-state index >= 15 is 0 Å². The first-order valence-electron chi connectivity index (χ1n) is 7.41. The Hall–Kier alpha value is -1.65. The van der Waals surface area contributed by atoms with Gasteiger partial charge < -0.3 is 0 Å². The van der Waals surface area contributed by atoms with Gasteiger partial charge in [-0.3, -0.25) is 9.91 Å². The first kappa shape index (κ1) is 14.3. The Kier molecular flexibility index (Phi) is 4.68.